The monoisotopic (exact) mass is 386 g/mol. The summed E-state index contributed by atoms with van der Waals surface area (Å²) in [5, 5.41) is 4.84. The normalized spacial score (nSPS) is 16.8. The van der Waals surface area contributed by atoms with E-state index in [1.807, 2.05) is 10.8 Å². The van der Waals surface area contributed by atoms with E-state index in [2.05, 4.69) is 28.2 Å². The van der Waals surface area contributed by atoms with Crippen molar-refractivity contribution in [2.75, 3.05) is 20.8 Å². The Balaban J connectivity index is 1.56. The van der Waals surface area contributed by atoms with E-state index >= 15 is 0 Å². The van der Waals surface area contributed by atoms with Crippen LogP contribution in [-0.4, -0.2) is 40.0 Å². The summed E-state index contributed by atoms with van der Waals surface area (Å²) in [6.07, 6.45) is 5.29. The third kappa shape index (κ3) is 3.53. The van der Waals surface area contributed by atoms with Gasteiger partial charge in [-0.15, -0.1) is 6.58 Å². The fourth-order valence-electron chi connectivity index (χ4n) is 3.75. The van der Waals surface area contributed by atoms with Gasteiger partial charge >= 0.3 is 0 Å². The molecule has 1 aromatic carbocycles. The second kappa shape index (κ2) is 7.48. The fourth-order valence-corrected chi connectivity index (χ4v) is 4.01. The number of nitrogens with zero attached hydrogens (tertiary/aromatic N) is 4. The number of aromatic nitrogens is 3. The molecule has 144 valence electrons. The molecule has 0 atom stereocenters. The summed E-state index contributed by atoms with van der Waals surface area (Å²) in [6.45, 7) is 7.11. The van der Waals surface area contributed by atoms with Gasteiger partial charge in [0.05, 0.1) is 20.9 Å². The van der Waals surface area contributed by atoms with Gasteiger partial charge in [-0.1, -0.05) is 6.08 Å². The van der Waals surface area contributed by atoms with Gasteiger partial charge in [0.2, 0.25) is 0 Å². The van der Waals surface area contributed by atoms with Gasteiger partial charge < -0.3 is 9.47 Å². The summed E-state index contributed by atoms with van der Waals surface area (Å²) >= 11 is 5.70. The lowest BCUT2D eigenvalue weighted by Gasteiger charge is -2.29. The summed E-state index contributed by atoms with van der Waals surface area (Å²) in [7, 11) is 3.36. The molecule has 1 saturated carbocycles. The van der Waals surface area contributed by atoms with Crippen LogP contribution in [0.1, 0.15) is 35.7 Å². The Morgan fingerprint density at radius 2 is 1.93 bits per heavy atom. The standard InChI is InChI=1S/C20H26N4O2S/c1-4-8-23-19(14-5-6-14)21-24(20(23)27)13-22-9-7-15-10-17(25-2)18(26-3)11-16(15)12-22/h4,10-11,14H,1,5-9,12-13H2,2-3H3. The first-order chi connectivity index (χ1) is 13.1. The van der Waals surface area contributed by atoms with Crippen molar-refractivity contribution in [1.82, 2.24) is 19.2 Å². The molecule has 0 bridgehead atoms. The highest BCUT2D eigenvalue weighted by Gasteiger charge is 2.30. The smallest absolute Gasteiger partial charge is 0.199 e. The van der Waals surface area contributed by atoms with Gasteiger partial charge in [0.1, 0.15) is 5.82 Å². The summed E-state index contributed by atoms with van der Waals surface area (Å²) in [5.74, 6) is 3.25. The van der Waals surface area contributed by atoms with E-state index in [9.17, 15) is 0 Å². The highest BCUT2D eigenvalue weighted by Crippen LogP contribution is 2.39. The molecular formula is C20H26N4O2S. The zero-order valence-electron chi connectivity index (χ0n) is 16.0. The van der Waals surface area contributed by atoms with Gasteiger partial charge in [-0.05, 0) is 54.7 Å². The van der Waals surface area contributed by atoms with Gasteiger partial charge in [-0.25, -0.2) is 4.68 Å². The Labute approximate surface area is 165 Å². The summed E-state index contributed by atoms with van der Waals surface area (Å²) < 4.78 is 15.8. The molecule has 1 aromatic heterocycles. The highest BCUT2D eigenvalue weighted by molar-refractivity contribution is 7.71. The van der Waals surface area contributed by atoms with Crippen molar-refractivity contribution in [2.24, 2.45) is 0 Å². The number of hydrogen-bond acceptors (Lipinski definition) is 5. The predicted molar refractivity (Wildman–Crippen MR) is 107 cm³/mol. The van der Waals surface area contributed by atoms with Crippen LogP contribution < -0.4 is 9.47 Å². The van der Waals surface area contributed by atoms with Crippen LogP contribution >= 0.6 is 12.2 Å². The van der Waals surface area contributed by atoms with E-state index < -0.39 is 0 Å². The minimum Gasteiger partial charge on any atom is -0.493 e. The van der Waals surface area contributed by atoms with Crippen molar-refractivity contribution in [3.8, 4) is 11.5 Å². The molecule has 1 fully saturated rings. The van der Waals surface area contributed by atoms with Crippen LogP contribution in [0.2, 0.25) is 0 Å². The first-order valence-electron chi connectivity index (χ1n) is 9.39. The van der Waals surface area contributed by atoms with Gasteiger partial charge in [0.15, 0.2) is 16.3 Å². The van der Waals surface area contributed by atoms with Crippen LogP contribution in [0.4, 0.5) is 0 Å². The van der Waals surface area contributed by atoms with Crippen molar-refractivity contribution < 1.29 is 9.47 Å². The molecule has 0 spiro atoms. The molecule has 2 heterocycles. The van der Waals surface area contributed by atoms with Crippen LogP contribution in [-0.2, 0) is 26.2 Å². The van der Waals surface area contributed by atoms with E-state index in [1.165, 1.54) is 24.0 Å². The number of allylic oxidation sites excluding steroid dienone is 1. The molecule has 1 aliphatic heterocycles. The van der Waals surface area contributed by atoms with Gasteiger partial charge in [0, 0.05) is 25.6 Å². The van der Waals surface area contributed by atoms with E-state index in [0.29, 0.717) is 12.6 Å². The van der Waals surface area contributed by atoms with Crippen LogP contribution in [0, 0.1) is 4.77 Å². The van der Waals surface area contributed by atoms with Crippen molar-refractivity contribution in [2.45, 2.75) is 44.9 Å². The largest absolute Gasteiger partial charge is 0.493 e. The maximum absolute atomic E-state index is 5.70. The number of methoxy groups -OCH3 is 2. The Bertz CT molecular complexity index is 913. The summed E-state index contributed by atoms with van der Waals surface area (Å²) in [5.41, 5.74) is 2.60. The lowest BCUT2D eigenvalue weighted by molar-refractivity contribution is 0.187. The topological polar surface area (TPSA) is 44.5 Å². The fraction of sp³-hybridized carbons (Fsp3) is 0.500. The molecule has 1 aliphatic carbocycles. The molecule has 0 unspecified atom stereocenters. The average molecular weight is 387 g/mol. The van der Waals surface area contributed by atoms with E-state index in [0.717, 1.165) is 48.1 Å². The zero-order chi connectivity index (χ0) is 19.0. The molecule has 0 amide bonds. The Morgan fingerprint density at radius 1 is 1.22 bits per heavy atom. The Hall–Kier alpha value is -2.12. The molecule has 7 heteroatoms. The Kier molecular flexibility index (Phi) is 5.06. The van der Waals surface area contributed by atoms with Crippen molar-refractivity contribution >= 4 is 12.2 Å². The molecule has 2 aliphatic rings. The van der Waals surface area contributed by atoms with Crippen LogP contribution in [0.3, 0.4) is 0 Å². The van der Waals surface area contributed by atoms with E-state index in [1.54, 1.807) is 14.2 Å². The second-order valence-corrected chi connectivity index (χ2v) is 7.60. The lowest BCUT2D eigenvalue weighted by atomic mass is 9.99. The number of benzene rings is 1. The zero-order valence-corrected chi connectivity index (χ0v) is 16.8. The summed E-state index contributed by atoms with van der Waals surface area (Å²) in [4.78, 5) is 2.38. The first-order valence-corrected chi connectivity index (χ1v) is 9.80. The molecular weight excluding hydrogens is 360 g/mol. The van der Waals surface area contributed by atoms with E-state index in [-0.39, 0.29) is 0 Å². The minimum atomic E-state index is 0.562. The molecule has 27 heavy (non-hydrogen) atoms. The van der Waals surface area contributed by atoms with Crippen molar-refractivity contribution in [3.05, 3.63) is 46.5 Å². The number of fused-ring (bicyclic) bond motifs is 1. The molecule has 0 N–H and O–H groups in total. The molecule has 0 radical (unpaired) electrons. The Morgan fingerprint density at radius 3 is 2.56 bits per heavy atom. The lowest BCUT2D eigenvalue weighted by Crippen LogP contribution is -2.33. The molecule has 0 saturated heterocycles. The number of hydrogen-bond donors (Lipinski definition) is 0. The maximum Gasteiger partial charge on any atom is 0.199 e. The van der Waals surface area contributed by atoms with Crippen molar-refractivity contribution in [1.29, 1.82) is 0 Å². The minimum absolute atomic E-state index is 0.562. The molecule has 4 rings (SSSR count). The first kappa shape index (κ1) is 18.3. The van der Waals surface area contributed by atoms with Gasteiger partial charge in [-0.3, -0.25) is 9.47 Å². The highest BCUT2D eigenvalue weighted by atomic mass is 32.1. The maximum atomic E-state index is 5.70. The molecule has 2 aromatic rings. The molecule has 6 nitrogen and oxygen atoms in total. The summed E-state index contributed by atoms with van der Waals surface area (Å²) in [6, 6.07) is 4.19. The quantitative estimate of drug-likeness (QED) is 0.538. The van der Waals surface area contributed by atoms with E-state index in [4.69, 9.17) is 26.8 Å². The number of ether oxygens (including phenoxy) is 2. The van der Waals surface area contributed by atoms with Crippen molar-refractivity contribution in [3.63, 3.8) is 0 Å². The SMILES string of the molecule is C=CCn1c(C2CC2)nn(CN2CCc3cc(OC)c(OC)cc3C2)c1=S. The third-order valence-electron chi connectivity index (χ3n) is 5.34. The van der Waals surface area contributed by atoms with Crippen LogP contribution in [0.25, 0.3) is 0 Å². The van der Waals surface area contributed by atoms with Crippen LogP contribution in [0.15, 0.2) is 24.8 Å². The predicted octanol–water partition coefficient (Wildman–Crippen LogP) is 3.51. The average Bonchev–Trinajstić information content (AvgIpc) is 3.48. The second-order valence-electron chi connectivity index (χ2n) is 7.23. The third-order valence-corrected chi connectivity index (χ3v) is 5.77. The number of rotatable bonds is 7. The van der Waals surface area contributed by atoms with Gasteiger partial charge in [0.25, 0.3) is 0 Å². The van der Waals surface area contributed by atoms with Crippen LogP contribution in [0.5, 0.6) is 11.5 Å². The van der Waals surface area contributed by atoms with Gasteiger partial charge in [-0.2, -0.15) is 5.10 Å².